The van der Waals surface area contributed by atoms with Crippen LogP contribution in [0.25, 0.3) is 0 Å². The summed E-state index contributed by atoms with van der Waals surface area (Å²) in [7, 11) is 1.38. The zero-order valence-corrected chi connectivity index (χ0v) is 14.9. The summed E-state index contributed by atoms with van der Waals surface area (Å²) < 4.78 is 4.56. The molecule has 0 aliphatic heterocycles. The molecule has 0 fully saturated rings. The quantitative estimate of drug-likeness (QED) is 0.449. The summed E-state index contributed by atoms with van der Waals surface area (Å²) in [5.74, 6) is -0.247. The largest absolute Gasteiger partial charge is 0.469 e. The van der Waals surface area contributed by atoms with Crippen LogP contribution in [0.5, 0.6) is 0 Å². The average Bonchev–Trinajstić information content (AvgIpc) is 2.64. The van der Waals surface area contributed by atoms with E-state index in [1.54, 1.807) is 12.1 Å². The number of ether oxygens (including phenoxy) is 1. The zero-order valence-electron chi connectivity index (χ0n) is 14.9. The molecule has 0 heterocycles. The van der Waals surface area contributed by atoms with Crippen LogP contribution in [-0.4, -0.2) is 38.0 Å². The Morgan fingerprint density at radius 1 is 0.840 bits per heavy atom. The predicted molar refractivity (Wildman–Crippen MR) is 96.1 cm³/mol. The van der Waals surface area contributed by atoms with E-state index in [1.165, 1.54) is 7.11 Å². The lowest BCUT2D eigenvalue weighted by molar-refractivity contribution is -0.140. The number of carbonyl (C=O) groups excluding carboxylic acids is 3. The second-order valence-corrected chi connectivity index (χ2v) is 5.82. The second kappa shape index (κ2) is 13.0. The number of hydrogen-bond donors (Lipinski definition) is 2. The van der Waals surface area contributed by atoms with E-state index in [1.807, 2.05) is 18.2 Å². The molecule has 6 heteroatoms. The molecule has 0 saturated carbocycles. The molecule has 1 aromatic carbocycles. The Hall–Kier alpha value is -2.37. The number of amides is 2. The molecule has 6 nitrogen and oxygen atoms in total. The van der Waals surface area contributed by atoms with Gasteiger partial charge in [-0.05, 0) is 37.8 Å². The molecular formula is C19H28N2O4. The van der Waals surface area contributed by atoms with Crippen LogP contribution in [0.15, 0.2) is 30.3 Å². The molecule has 2 amide bonds. The van der Waals surface area contributed by atoms with Crippen molar-refractivity contribution < 1.29 is 19.1 Å². The van der Waals surface area contributed by atoms with Gasteiger partial charge >= 0.3 is 5.97 Å². The van der Waals surface area contributed by atoms with Gasteiger partial charge in [-0.2, -0.15) is 0 Å². The van der Waals surface area contributed by atoms with Gasteiger partial charge in [0.15, 0.2) is 0 Å². The monoisotopic (exact) mass is 348 g/mol. The Morgan fingerprint density at radius 3 is 2.20 bits per heavy atom. The molecule has 25 heavy (non-hydrogen) atoms. The maximum absolute atomic E-state index is 11.8. The van der Waals surface area contributed by atoms with Crippen LogP contribution in [0.2, 0.25) is 0 Å². The van der Waals surface area contributed by atoms with Gasteiger partial charge in [-0.1, -0.05) is 24.6 Å². The Labute approximate surface area is 149 Å². The van der Waals surface area contributed by atoms with Gasteiger partial charge in [-0.15, -0.1) is 0 Å². The van der Waals surface area contributed by atoms with E-state index < -0.39 is 0 Å². The maximum Gasteiger partial charge on any atom is 0.305 e. The number of unbranched alkanes of at least 4 members (excludes halogenated alkanes) is 3. The van der Waals surface area contributed by atoms with Gasteiger partial charge in [0.05, 0.1) is 7.11 Å². The highest BCUT2D eigenvalue weighted by atomic mass is 16.5. The topological polar surface area (TPSA) is 84.5 Å². The van der Waals surface area contributed by atoms with Crippen molar-refractivity contribution in [2.24, 2.45) is 0 Å². The van der Waals surface area contributed by atoms with Crippen LogP contribution in [-0.2, 0) is 14.3 Å². The minimum atomic E-state index is -0.191. The summed E-state index contributed by atoms with van der Waals surface area (Å²) in [5.41, 5.74) is 0.646. The van der Waals surface area contributed by atoms with Gasteiger partial charge in [0.1, 0.15) is 0 Å². The summed E-state index contributed by atoms with van der Waals surface area (Å²) >= 11 is 0. The van der Waals surface area contributed by atoms with E-state index in [9.17, 15) is 14.4 Å². The van der Waals surface area contributed by atoms with Crippen LogP contribution in [0.1, 0.15) is 55.3 Å². The molecule has 138 valence electrons. The predicted octanol–water partition coefficient (Wildman–Crippen LogP) is 2.44. The Kier molecular flexibility index (Phi) is 10.7. The summed E-state index contributed by atoms with van der Waals surface area (Å²) in [6, 6.07) is 9.07. The first-order valence-corrected chi connectivity index (χ1v) is 8.80. The van der Waals surface area contributed by atoms with E-state index in [0.717, 1.165) is 32.1 Å². The van der Waals surface area contributed by atoms with E-state index in [4.69, 9.17) is 0 Å². The Balaban J connectivity index is 1.95. The van der Waals surface area contributed by atoms with Crippen molar-refractivity contribution >= 4 is 17.8 Å². The summed E-state index contributed by atoms with van der Waals surface area (Å²) in [6.07, 6.45) is 4.93. The fourth-order valence-electron chi connectivity index (χ4n) is 2.29. The molecular weight excluding hydrogens is 320 g/mol. The number of carbonyl (C=O) groups is 3. The molecule has 0 aromatic heterocycles. The summed E-state index contributed by atoms with van der Waals surface area (Å²) in [6.45, 7) is 1.19. The summed E-state index contributed by atoms with van der Waals surface area (Å²) in [5, 5.41) is 5.71. The fraction of sp³-hybridized carbons (Fsp3) is 0.526. The van der Waals surface area contributed by atoms with Gasteiger partial charge in [-0.25, -0.2) is 0 Å². The van der Waals surface area contributed by atoms with Crippen LogP contribution in [0, 0.1) is 0 Å². The Morgan fingerprint density at radius 2 is 1.48 bits per heavy atom. The SMILES string of the molecule is COC(=O)CCCCCNC(=O)CCCCNC(=O)c1ccccc1. The van der Waals surface area contributed by atoms with E-state index in [-0.39, 0.29) is 17.8 Å². The number of nitrogens with one attached hydrogen (secondary N) is 2. The van der Waals surface area contributed by atoms with Crippen molar-refractivity contribution in [2.45, 2.75) is 44.9 Å². The minimum absolute atomic E-state index is 0.0300. The third-order valence-electron chi connectivity index (χ3n) is 3.76. The summed E-state index contributed by atoms with van der Waals surface area (Å²) in [4.78, 5) is 34.4. The zero-order chi connectivity index (χ0) is 18.3. The lowest BCUT2D eigenvalue weighted by atomic mass is 10.2. The molecule has 0 aliphatic carbocycles. The van der Waals surface area contributed by atoms with Gasteiger partial charge < -0.3 is 15.4 Å². The third-order valence-corrected chi connectivity index (χ3v) is 3.76. The van der Waals surface area contributed by atoms with E-state index in [2.05, 4.69) is 15.4 Å². The second-order valence-electron chi connectivity index (χ2n) is 5.82. The number of rotatable bonds is 12. The molecule has 0 saturated heterocycles. The van der Waals surface area contributed by atoms with Crippen molar-refractivity contribution in [3.05, 3.63) is 35.9 Å². The van der Waals surface area contributed by atoms with E-state index >= 15 is 0 Å². The van der Waals surface area contributed by atoms with Crippen LogP contribution in [0.3, 0.4) is 0 Å². The van der Waals surface area contributed by atoms with Crippen molar-refractivity contribution in [3.63, 3.8) is 0 Å². The van der Waals surface area contributed by atoms with Gasteiger partial charge in [0.25, 0.3) is 5.91 Å². The molecule has 0 spiro atoms. The van der Waals surface area contributed by atoms with Crippen molar-refractivity contribution in [1.29, 1.82) is 0 Å². The molecule has 0 atom stereocenters. The molecule has 1 rings (SSSR count). The van der Waals surface area contributed by atoms with Gasteiger partial charge in [0, 0.05) is 31.5 Å². The van der Waals surface area contributed by atoms with Crippen LogP contribution >= 0.6 is 0 Å². The lowest BCUT2D eigenvalue weighted by Gasteiger charge is -2.06. The van der Waals surface area contributed by atoms with Crippen molar-refractivity contribution in [2.75, 3.05) is 20.2 Å². The average molecular weight is 348 g/mol. The first-order valence-electron chi connectivity index (χ1n) is 8.80. The molecule has 0 bridgehead atoms. The molecule has 1 aromatic rings. The van der Waals surface area contributed by atoms with Gasteiger partial charge in [0.2, 0.25) is 5.91 Å². The smallest absolute Gasteiger partial charge is 0.305 e. The standard InChI is InChI=1S/C19H28N2O4/c1-25-18(23)13-6-3-8-14-20-17(22)12-7-9-15-21-19(24)16-10-4-2-5-11-16/h2,4-5,10-11H,3,6-9,12-15H2,1H3,(H,20,22)(H,21,24). The number of methoxy groups -OCH3 is 1. The van der Waals surface area contributed by atoms with Crippen molar-refractivity contribution in [3.8, 4) is 0 Å². The van der Waals surface area contributed by atoms with Crippen molar-refractivity contribution in [1.82, 2.24) is 10.6 Å². The highest BCUT2D eigenvalue weighted by Crippen LogP contribution is 2.01. The molecule has 0 aliphatic rings. The van der Waals surface area contributed by atoms with E-state index in [0.29, 0.717) is 31.5 Å². The lowest BCUT2D eigenvalue weighted by Crippen LogP contribution is -2.26. The normalized spacial score (nSPS) is 10.1. The first kappa shape index (κ1) is 20.7. The number of hydrogen-bond acceptors (Lipinski definition) is 4. The van der Waals surface area contributed by atoms with Crippen LogP contribution < -0.4 is 10.6 Å². The van der Waals surface area contributed by atoms with Crippen LogP contribution in [0.4, 0.5) is 0 Å². The minimum Gasteiger partial charge on any atom is -0.469 e. The Bertz CT molecular complexity index is 531. The highest BCUT2D eigenvalue weighted by molar-refractivity contribution is 5.94. The fourth-order valence-corrected chi connectivity index (χ4v) is 2.29. The highest BCUT2D eigenvalue weighted by Gasteiger charge is 2.04. The maximum atomic E-state index is 11.8. The molecule has 0 radical (unpaired) electrons. The number of benzene rings is 1. The van der Waals surface area contributed by atoms with Gasteiger partial charge in [-0.3, -0.25) is 14.4 Å². The third kappa shape index (κ3) is 10.2. The first-order chi connectivity index (χ1) is 12.1. The number of esters is 1. The molecule has 0 unspecified atom stereocenters. The molecule has 2 N–H and O–H groups in total.